The molecule has 2 saturated carbocycles. The first kappa shape index (κ1) is 40.1. The first-order valence-corrected chi connectivity index (χ1v) is 23.3. The van der Waals surface area contributed by atoms with Crippen LogP contribution >= 0.6 is 23.2 Å². The average molecular weight is 742 g/mol. The number of allylic oxidation sites excluding steroid dienone is 9. The summed E-state index contributed by atoms with van der Waals surface area (Å²) in [5.41, 5.74) is 10.8. The first-order valence-electron chi connectivity index (χ1n) is 19.7. The molecule has 4 aliphatic rings. The highest BCUT2D eigenvalue weighted by atomic mass is 35.5. The third-order valence-electron chi connectivity index (χ3n) is 12.8. The molecule has 0 heterocycles. The van der Waals surface area contributed by atoms with Gasteiger partial charge in [-0.25, -0.2) is 0 Å². The zero-order valence-electron chi connectivity index (χ0n) is 33.6. The second kappa shape index (κ2) is 15.4. The van der Waals surface area contributed by atoms with Gasteiger partial charge in [-0.05, 0) is 124 Å². The van der Waals surface area contributed by atoms with Gasteiger partial charge in [0.05, 0.1) is 8.07 Å². The van der Waals surface area contributed by atoms with Crippen molar-refractivity contribution in [3.63, 3.8) is 0 Å². The summed E-state index contributed by atoms with van der Waals surface area (Å²) < 4.78 is -0.556. The lowest BCUT2D eigenvalue weighted by Gasteiger charge is -2.48. The lowest BCUT2D eigenvalue weighted by atomic mass is 9.80. The summed E-state index contributed by atoms with van der Waals surface area (Å²) in [4.78, 5) is 0. The van der Waals surface area contributed by atoms with Gasteiger partial charge in [-0.2, -0.15) is 0 Å². The summed E-state index contributed by atoms with van der Waals surface area (Å²) in [6.07, 6.45) is 21.0. The predicted octanol–water partition coefficient (Wildman–Crippen LogP) is 15.0. The van der Waals surface area contributed by atoms with Crippen molar-refractivity contribution in [3.8, 4) is 0 Å². The Kier molecular flexibility index (Phi) is 12.1. The molecule has 0 bridgehead atoms. The first-order chi connectivity index (χ1) is 23.7. The van der Waals surface area contributed by atoms with Crippen LogP contribution in [0.15, 0.2) is 97.6 Å². The van der Waals surface area contributed by atoms with Gasteiger partial charge in [-0.3, -0.25) is 0 Å². The Bertz CT molecular complexity index is 1520. The summed E-state index contributed by atoms with van der Waals surface area (Å²) in [7, 11) is -1.80. The van der Waals surface area contributed by atoms with Crippen molar-refractivity contribution in [2.24, 2.45) is 35.5 Å². The van der Waals surface area contributed by atoms with Crippen molar-refractivity contribution < 1.29 is 0 Å². The monoisotopic (exact) mass is 740 g/mol. The molecule has 51 heavy (non-hydrogen) atoms. The van der Waals surface area contributed by atoms with Crippen molar-refractivity contribution in [2.45, 2.75) is 127 Å². The largest absolute Gasteiger partial charge is 0.112 e. The molecular weight excluding hydrogens is 676 g/mol. The molecule has 0 radical (unpaired) electrons. The molecule has 0 N–H and O–H groups in total. The van der Waals surface area contributed by atoms with Crippen molar-refractivity contribution in [2.75, 3.05) is 0 Å². The highest BCUT2D eigenvalue weighted by Crippen LogP contribution is 2.66. The number of rotatable bonds is 7. The van der Waals surface area contributed by atoms with Gasteiger partial charge in [0.15, 0.2) is 0 Å². The number of fused-ring (bicyclic) bond motifs is 2. The molecule has 276 valence electrons. The Hall–Kier alpha value is -2.06. The van der Waals surface area contributed by atoms with Gasteiger partial charge in [0.1, 0.15) is 4.33 Å². The van der Waals surface area contributed by atoms with E-state index in [9.17, 15) is 0 Å². The van der Waals surface area contributed by atoms with Gasteiger partial charge in [-0.15, -0.1) is 29.8 Å². The highest BCUT2D eigenvalue weighted by Gasteiger charge is 2.59. The van der Waals surface area contributed by atoms with Crippen LogP contribution in [-0.2, 0) is 10.8 Å². The Balaban J connectivity index is 0.000000943. The maximum atomic E-state index is 5.30. The molecule has 8 atom stereocenters. The highest BCUT2D eigenvalue weighted by molar-refractivity contribution is 6.82. The van der Waals surface area contributed by atoms with Gasteiger partial charge >= 0.3 is 0 Å². The molecule has 2 aromatic rings. The van der Waals surface area contributed by atoms with Crippen LogP contribution in [0.5, 0.6) is 0 Å². The average Bonchev–Trinajstić information content (AvgIpc) is 3.58. The molecule has 4 aliphatic carbocycles. The van der Waals surface area contributed by atoms with Crippen LogP contribution in [0.1, 0.15) is 111 Å². The molecule has 0 spiro atoms. The van der Waals surface area contributed by atoms with E-state index in [1.807, 2.05) is 0 Å². The van der Waals surface area contributed by atoms with Crippen molar-refractivity contribution >= 4 is 42.4 Å². The smallest absolute Gasteiger partial charge is 0.103 e. The second-order valence-corrected chi connectivity index (χ2v) is 26.1. The quantitative estimate of drug-likeness (QED) is 0.151. The van der Waals surface area contributed by atoms with Crippen LogP contribution in [0.2, 0.25) is 23.7 Å². The molecule has 0 nitrogen and oxygen atoms in total. The molecule has 2 fully saturated rings. The topological polar surface area (TPSA) is 0 Å². The van der Waals surface area contributed by atoms with E-state index in [-0.39, 0.29) is 10.8 Å². The lowest BCUT2D eigenvalue weighted by Crippen LogP contribution is -2.48. The lowest BCUT2D eigenvalue weighted by molar-refractivity contribution is 0.489. The van der Waals surface area contributed by atoms with Gasteiger partial charge in [0.2, 0.25) is 0 Å². The van der Waals surface area contributed by atoms with Crippen molar-refractivity contribution in [3.05, 3.63) is 120 Å². The summed E-state index contributed by atoms with van der Waals surface area (Å²) in [5.74, 6) is 4.06. The second-order valence-electron chi connectivity index (χ2n) is 19.2. The van der Waals surface area contributed by atoms with Crippen LogP contribution in [0.3, 0.4) is 0 Å². The molecule has 0 aliphatic heterocycles. The molecule has 8 unspecified atom stereocenters. The number of hydrogen-bond donors (Lipinski definition) is 0. The zero-order valence-corrected chi connectivity index (χ0v) is 36.1. The maximum Gasteiger partial charge on any atom is 0.112 e. The number of hydrogen-bond acceptors (Lipinski definition) is 0. The minimum absolute atomic E-state index is 0.182. The Morgan fingerprint density at radius 3 is 1.33 bits per heavy atom. The fourth-order valence-corrected chi connectivity index (χ4v) is 18.0. The standard InChI is InChI=1S/C45H60Si.C3H6Cl2/c1-11-12-27-46(10,42-30(2)28-40-36(15-13-17-38(40)42)32-19-23-34(24-20-32)44(4,5)6)43-31(3)29-41-37(16-14-18-39(41)43)33-21-25-35(26-22-33)45(7,8)9;1-3(2,4)5/h11,13-26,30-31,38-43H,1,12,27-29H2,2-10H3;1-2H3. The molecular formula is C48H66Cl2Si. The molecule has 3 heteroatoms. The van der Waals surface area contributed by atoms with Crippen molar-refractivity contribution in [1.82, 2.24) is 0 Å². The predicted molar refractivity (Wildman–Crippen MR) is 231 cm³/mol. The van der Waals surface area contributed by atoms with E-state index in [1.165, 1.54) is 41.1 Å². The van der Waals surface area contributed by atoms with Crippen LogP contribution in [0.4, 0.5) is 0 Å². The zero-order chi connectivity index (χ0) is 37.5. The normalized spacial score (nSPS) is 30.0. The fourth-order valence-electron chi connectivity index (χ4n) is 10.8. The van der Waals surface area contributed by atoms with Crippen molar-refractivity contribution in [1.29, 1.82) is 0 Å². The van der Waals surface area contributed by atoms with Gasteiger partial charge in [-0.1, -0.05) is 159 Å². The van der Waals surface area contributed by atoms with E-state index >= 15 is 0 Å². The van der Waals surface area contributed by atoms with E-state index in [0.717, 1.165) is 29.3 Å². The van der Waals surface area contributed by atoms with E-state index in [2.05, 4.69) is 160 Å². The van der Waals surface area contributed by atoms with Gasteiger partial charge in [0.25, 0.3) is 0 Å². The minimum atomic E-state index is -1.80. The van der Waals surface area contributed by atoms with E-state index < -0.39 is 12.4 Å². The summed E-state index contributed by atoms with van der Waals surface area (Å²) in [5, 5.41) is 0. The van der Waals surface area contributed by atoms with E-state index in [4.69, 9.17) is 23.2 Å². The third kappa shape index (κ3) is 8.85. The summed E-state index contributed by atoms with van der Waals surface area (Å²) in [6.45, 7) is 29.7. The molecule has 0 saturated heterocycles. The van der Waals surface area contributed by atoms with E-state index in [1.54, 1.807) is 25.0 Å². The SMILES string of the molecule is C=CCC[Si](C)(C1C(C)CC2C(c3ccc(C(C)(C)C)cc3)=CC=CC21)C1C(C)CC2C(c3ccc(C(C)(C)C)cc3)=CC=CC21.CC(C)(Cl)Cl. The molecule has 6 rings (SSSR count). The molecule has 2 aromatic carbocycles. The summed E-state index contributed by atoms with van der Waals surface area (Å²) >= 11 is 10.6. The number of alkyl halides is 2. The van der Waals surface area contributed by atoms with Gasteiger partial charge in [0, 0.05) is 0 Å². The van der Waals surface area contributed by atoms with Crippen LogP contribution in [0.25, 0.3) is 11.1 Å². The third-order valence-corrected chi connectivity index (χ3v) is 19.2. The molecule has 0 amide bonds. The van der Waals surface area contributed by atoms with Crippen LogP contribution in [0, 0.1) is 35.5 Å². The number of halogens is 2. The van der Waals surface area contributed by atoms with Crippen LogP contribution < -0.4 is 0 Å². The summed E-state index contributed by atoms with van der Waals surface area (Å²) in [6, 6.07) is 20.5. The molecule has 0 aromatic heterocycles. The van der Waals surface area contributed by atoms with Gasteiger partial charge < -0.3 is 0 Å². The van der Waals surface area contributed by atoms with E-state index in [0.29, 0.717) is 23.7 Å². The fraction of sp³-hybridized carbons (Fsp3) is 0.542. The Morgan fingerprint density at radius 1 is 0.667 bits per heavy atom. The Morgan fingerprint density at radius 2 is 1.02 bits per heavy atom. The Labute approximate surface area is 323 Å². The number of benzene rings is 2. The minimum Gasteiger partial charge on any atom is -0.103 e. The maximum absolute atomic E-state index is 5.30. The van der Waals surface area contributed by atoms with Crippen LogP contribution in [-0.4, -0.2) is 12.4 Å².